The Morgan fingerprint density at radius 2 is 1.93 bits per heavy atom. The highest BCUT2D eigenvalue weighted by Gasteiger charge is 2.02. The van der Waals surface area contributed by atoms with Crippen molar-refractivity contribution >= 4 is 5.82 Å². The van der Waals surface area contributed by atoms with Crippen LogP contribution < -0.4 is 4.90 Å². The fraction of sp³-hybridized carbons (Fsp3) is 0.500. The molecule has 0 spiro atoms. The van der Waals surface area contributed by atoms with Crippen molar-refractivity contribution in [2.24, 2.45) is 0 Å². The minimum Gasteiger partial charge on any atom is -0.358 e. The van der Waals surface area contributed by atoms with Gasteiger partial charge >= 0.3 is 0 Å². The van der Waals surface area contributed by atoms with Crippen LogP contribution in [-0.2, 0) is 0 Å². The number of halogens is 1. The first-order chi connectivity index (χ1) is 6.59. The van der Waals surface area contributed by atoms with E-state index in [1.807, 2.05) is 26.0 Å². The molecule has 0 unspecified atom stereocenters. The first-order valence-corrected chi connectivity index (χ1v) is 4.57. The number of hydrogen-bond donors (Lipinski definition) is 0. The van der Waals surface area contributed by atoms with Gasteiger partial charge in [-0.1, -0.05) is 0 Å². The second-order valence-electron chi connectivity index (χ2n) is 3.56. The van der Waals surface area contributed by atoms with E-state index in [0.29, 0.717) is 0 Å². The van der Waals surface area contributed by atoms with Crippen LogP contribution in [0.5, 0.6) is 0 Å². The zero-order valence-corrected chi connectivity index (χ0v) is 8.87. The number of anilines is 1. The van der Waals surface area contributed by atoms with Gasteiger partial charge in [-0.25, -0.2) is 9.37 Å². The standard InChI is InChI=1S/C10H16FN3/c1-13(2)6-7-14(3)10-5-4-9(11)8-12-10/h4-5,8H,6-7H2,1-3H3. The summed E-state index contributed by atoms with van der Waals surface area (Å²) in [4.78, 5) is 8.09. The summed E-state index contributed by atoms with van der Waals surface area (Å²) in [6.07, 6.45) is 1.24. The lowest BCUT2D eigenvalue weighted by Gasteiger charge is -2.20. The summed E-state index contributed by atoms with van der Waals surface area (Å²) in [7, 11) is 5.99. The van der Waals surface area contributed by atoms with Crippen LogP contribution in [0.4, 0.5) is 10.2 Å². The van der Waals surface area contributed by atoms with Gasteiger partial charge in [0.25, 0.3) is 0 Å². The van der Waals surface area contributed by atoms with Crippen molar-refractivity contribution in [2.45, 2.75) is 0 Å². The molecule has 0 aromatic carbocycles. The summed E-state index contributed by atoms with van der Waals surface area (Å²) < 4.78 is 12.6. The molecule has 1 heterocycles. The average Bonchev–Trinajstić information content (AvgIpc) is 2.15. The highest BCUT2D eigenvalue weighted by Crippen LogP contribution is 2.07. The van der Waals surface area contributed by atoms with E-state index in [1.165, 1.54) is 12.3 Å². The van der Waals surface area contributed by atoms with Crippen LogP contribution in [0.25, 0.3) is 0 Å². The van der Waals surface area contributed by atoms with Gasteiger partial charge in [0, 0.05) is 20.1 Å². The second-order valence-corrected chi connectivity index (χ2v) is 3.56. The molecule has 0 bridgehead atoms. The van der Waals surface area contributed by atoms with Crippen LogP contribution in [-0.4, -0.2) is 44.1 Å². The van der Waals surface area contributed by atoms with E-state index in [2.05, 4.69) is 9.88 Å². The molecule has 14 heavy (non-hydrogen) atoms. The fourth-order valence-electron chi connectivity index (χ4n) is 1.06. The van der Waals surface area contributed by atoms with Crippen LogP contribution >= 0.6 is 0 Å². The maximum atomic E-state index is 12.6. The maximum absolute atomic E-state index is 12.6. The Bertz CT molecular complexity index is 271. The molecule has 1 aromatic rings. The molecule has 4 heteroatoms. The summed E-state index contributed by atoms with van der Waals surface area (Å²) in [5.41, 5.74) is 0. The molecule has 0 saturated carbocycles. The summed E-state index contributed by atoms with van der Waals surface area (Å²) in [6.45, 7) is 1.83. The van der Waals surface area contributed by atoms with E-state index in [9.17, 15) is 4.39 Å². The zero-order valence-electron chi connectivity index (χ0n) is 8.87. The van der Waals surface area contributed by atoms with Crippen molar-refractivity contribution in [3.05, 3.63) is 24.1 Å². The van der Waals surface area contributed by atoms with Gasteiger partial charge in [0.15, 0.2) is 0 Å². The monoisotopic (exact) mass is 197 g/mol. The summed E-state index contributed by atoms with van der Waals surface area (Å²) in [5, 5.41) is 0. The first-order valence-electron chi connectivity index (χ1n) is 4.57. The first kappa shape index (κ1) is 10.9. The molecule has 0 atom stereocenters. The van der Waals surface area contributed by atoms with Gasteiger partial charge in [-0.2, -0.15) is 0 Å². The third kappa shape index (κ3) is 3.30. The SMILES string of the molecule is CN(C)CCN(C)c1ccc(F)cn1. The molecule has 0 N–H and O–H groups in total. The molecular weight excluding hydrogens is 181 g/mol. The Kier molecular flexibility index (Phi) is 3.83. The lowest BCUT2D eigenvalue weighted by atomic mass is 10.4. The molecule has 0 fully saturated rings. The number of rotatable bonds is 4. The molecule has 0 aliphatic rings. The number of hydrogen-bond acceptors (Lipinski definition) is 3. The molecule has 0 aliphatic carbocycles. The van der Waals surface area contributed by atoms with Crippen molar-refractivity contribution in [2.75, 3.05) is 39.1 Å². The maximum Gasteiger partial charge on any atom is 0.141 e. The number of pyridine rings is 1. The van der Waals surface area contributed by atoms with Crippen molar-refractivity contribution in [1.82, 2.24) is 9.88 Å². The minimum absolute atomic E-state index is 0.297. The average molecular weight is 197 g/mol. The normalized spacial score (nSPS) is 10.6. The molecule has 3 nitrogen and oxygen atoms in total. The Morgan fingerprint density at radius 1 is 1.21 bits per heavy atom. The smallest absolute Gasteiger partial charge is 0.141 e. The van der Waals surface area contributed by atoms with Crippen molar-refractivity contribution < 1.29 is 4.39 Å². The third-order valence-corrected chi connectivity index (χ3v) is 1.99. The van der Waals surface area contributed by atoms with Crippen molar-refractivity contribution in [3.63, 3.8) is 0 Å². The van der Waals surface area contributed by atoms with Gasteiger partial charge in [0.1, 0.15) is 11.6 Å². The molecule has 0 radical (unpaired) electrons. The fourth-order valence-corrected chi connectivity index (χ4v) is 1.06. The summed E-state index contributed by atoms with van der Waals surface area (Å²) >= 11 is 0. The largest absolute Gasteiger partial charge is 0.358 e. The Morgan fingerprint density at radius 3 is 2.43 bits per heavy atom. The van der Waals surface area contributed by atoms with Gasteiger partial charge < -0.3 is 9.80 Å². The molecule has 78 valence electrons. The Balaban J connectivity index is 2.52. The highest BCUT2D eigenvalue weighted by atomic mass is 19.1. The predicted octanol–water partition coefficient (Wildman–Crippen LogP) is 1.22. The van der Waals surface area contributed by atoms with Crippen LogP contribution in [0.2, 0.25) is 0 Å². The van der Waals surface area contributed by atoms with E-state index in [4.69, 9.17) is 0 Å². The Hall–Kier alpha value is -1.16. The van der Waals surface area contributed by atoms with E-state index in [1.54, 1.807) is 6.07 Å². The number of nitrogens with zero attached hydrogens (tertiary/aromatic N) is 3. The topological polar surface area (TPSA) is 19.4 Å². The molecule has 0 amide bonds. The van der Waals surface area contributed by atoms with E-state index >= 15 is 0 Å². The number of aromatic nitrogens is 1. The highest BCUT2D eigenvalue weighted by molar-refractivity contribution is 5.36. The van der Waals surface area contributed by atoms with Gasteiger partial charge in [-0.15, -0.1) is 0 Å². The van der Waals surface area contributed by atoms with Crippen LogP contribution in [0.3, 0.4) is 0 Å². The van der Waals surface area contributed by atoms with Gasteiger partial charge in [-0.3, -0.25) is 0 Å². The zero-order chi connectivity index (χ0) is 10.6. The molecule has 0 aliphatic heterocycles. The van der Waals surface area contributed by atoms with Gasteiger partial charge in [0.2, 0.25) is 0 Å². The molecule has 1 rings (SSSR count). The predicted molar refractivity (Wildman–Crippen MR) is 56.0 cm³/mol. The van der Waals surface area contributed by atoms with Gasteiger partial charge in [-0.05, 0) is 26.2 Å². The Labute approximate surface area is 84.2 Å². The van der Waals surface area contributed by atoms with Crippen LogP contribution in [0.1, 0.15) is 0 Å². The molecule has 0 saturated heterocycles. The molecule has 1 aromatic heterocycles. The summed E-state index contributed by atoms with van der Waals surface area (Å²) in [6, 6.07) is 3.11. The van der Waals surface area contributed by atoms with Crippen molar-refractivity contribution in [1.29, 1.82) is 0 Å². The summed E-state index contributed by atoms with van der Waals surface area (Å²) in [5.74, 6) is 0.503. The van der Waals surface area contributed by atoms with Gasteiger partial charge in [0.05, 0.1) is 6.20 Å². The lowest BCUT2D eigenvalue weighted by molar-refractivity contribution is 0.416. The van der Waals surface area contributed by atoms with Crippen LogP contribution in [0, 0.1) is 5.82 Å². The lowest BCUT2D eigenvalue weighted by Crippen LogP contribution is -2.28. The number of likely N-dealkylation sites (N-methyl/N-ethyl adjacent to an activating group) is 2. The van der Waals surface area contributed by atoms with Crippen LogP contribution in [0.15, 0.2) is 18.3 Å². The van der Waals surface area contributed by atoms with E-state index in [-0.39, 0.29) is 5.82 Å². The van der Waals surface area contributed by atoms with E-state index in [0.717, 1.165) is 18.9 Å². The quantitative estimate of drug-likeness (QED) is 0.723. The van der Waals surface area contributed by atoms with Crippen molar-refractivity contribution in [3.8, 4) is 0 Å². The third-order valence-electron chi connectivity index (χ3n) is 1.99. The van der Waals surface area contributed by atoms with E-state index < -0.39 is 0 Å². The second kappa shape index (κ2) is 4.91. The molecular formula is C10H16FN3. The minimum atomic E-state index is -0.297.